The lowest BCUT2D eigenvalue weighted by molar-refractivity contribution is 0.741. The van der Waals surface area contributed by atoms with Crippen LogP contribution >= 0.6 is 15.9 Å². The molecule has 15 heavy (non-hydrogen) atoms. The van der Waals surface area contributed by atoms with Gasteiger partial charge in [0.1, 0.15) is 0 Å². The Morgan fingerprint density at radius 2 is 2.13 bits per heavy atom. The van der Waals surface area contributed by atoms with E-state index in [9.17, 15) is 0 Å². The summed E-state index contributed by atoms with van der Waals surface area (Å²) in [7, 11) is 2.07. The van der Waals surface area contributed by atoms with E-state index in [1.54, 1.807) is 0 Å². The van der Waals surface area contributed by atoms with Crippen molar-refractivity contribution in [3.8, 4) is 0 Å². The molecule has 3 rings (SSSR count). The number of fused-ring (bicyclic) bond motifs is 1. The molecule has 0 aliphatic heterocycles. The molecule has 1 fully saturated rings. The van der Waals surface area contributed by atoms with Crippen molar-refractivity contribution in [3.63, 3.8) is 0 Å². The summed E-state index contributed by atoms with van der Waals surface area (Å²) in [6.45, 7) is 0. The minimum absolute atomic E-state index is 0.0483. The largest absolute Gasteiger partial charge is 0.350 e. The van der Waals surface area contributed by atoms with Gasteiger partial charge in [0, 0.05) is 34.2 Å². The molecule has 0 saturated heterocycles. The van der Waals surface area contributed by atoms with Crippen LogP contribution in [0.25, 0.3) is 10.9 Å². The Bertz CT molecular complexity index is 538. The maximum absolute atomic E-state index is 6.26. The number of aromatic nitrogens is 1. The topological polar surface area (TPSA) is 30.9 Å². The molecule has 0 spiro atoms. The van der Waals surface area contributed by atoms with Gasteiger partial charge in [-0.25, -0.2) is 0 Å². The average Bonchev–Trinajstić information content (AvgIpc) is 2.85. The molecule has 1 aliphatic rings. The molecule has 0 atom stereocenters. The zero-order valence-corrected chi connectivity index (χ0v) is 10.2. The van der Waals surface area contributed by atoms with Gasteiger partial charge in [0.25, 0.3) is 0 Å². The van der Waals surface area contributed by atoms with Crippen LogP contribution in [0.1, 0.15) is 18.4 Å². The molecule has 2 aromatic rings. The molecule has 2 N–H and O–H groups in total. The van der Waals surface area contributed by atoms with Gasteiger partial charge in [-0.15, -0.1) is 0 Å². The highest BCUT2D eigenvalue weighted by Gasteiger charge is 2.41. The second-order valence-electron chi connectivity index (χ2n) is 4.47. The molecule has 0 radical (unpaired) electrons. The van der Waals surface area contributed by atoms with Gasteiger partial charge in [0.15, 0.2) is 0 Å². The Morgan fingerprint density at radius 1 is 1.40 bits per heavy atom. The monoisotopic (exact) mass is 264 g/mol. The molecule has 0 bridgehead atoms. The molecule has 78 valence electrons. The summed E-state index contributed by atoms with van der Waals surface area (Å²) in [6.07, 6.45) is 4.40. The van der Waals surface area contributed by atoms with Crippen molar-refractivity contribution in [2.24, 2.45) is 12.8 Å². The van der Waals surface area contributed by atoms with Gasteiger partial charge in [0.05, 0.1) is 0 Å². The molecular formula is C12H13BrN2. The molecule has 3 heteroatoms. The van der Waals surface area contributed by atoms with Crippen LogP contribution in [0.5, 0.6) is 0 Å². The van der Waals surface area contributed by atoms with E-state index in [0.29, 0.717) is 0 Å². The first-order valence-corrected chi connectivity index (χ1v) is 5.93. The van der Waals surface area contributed by atoms with Crippen LogP contribution in [-0.2, 0) is 12.6 Å². The summed E-state index contributed by atoms with van der Waals surface area (Å²) in [5.41, 5.74) is 8.76. The van der Waals surface area contributed by atoms with Gasteiger partial charge in [0.2, 0.25) is 0 Å². The van der Waals surface area contributed by atoms with Crippen LogP contribution < -0.4 is 5.73 Å². The van der Waals surface area contributed by atoms with Gasteiger partial charge in [-0.3, -0.25) is 0 Å². The van der Waals surface area contributed by atoms with Crippen LogP contribution in [0.15, 0.2) is 28.9 Å². The number of aryl methyl sites for hydroxylation is 1. The minimum Gasteiger partial charge on any atom is -0.350 e. The second kappa shape index (κ2) is 2.86. The Kier molecular flexibility index (Phi) is 1.80. The fourth-order valence-corrected chi connectivity index (χ4v) is 2.51. The Morgan fingerprint density at radius 3 is 2.80 bits per heavy atom. The third-order valence-corrected chi connectivity index (χ3v) is 3.77. The summed E-state index contributed by atoms with van der Waals surface area (Å²) < 4.78 is 3.27. The second-order valence-corrected chi connectivity index (χ2v) is 5.39. The summed E-state index contributed by atoms with van der Waals surface area (Å²) >= 11 is 3.50. The number of hydrogen-bond acceptors (Lipinski definition) is 1. The number of nitrogens with two attached hydrogens (primary N) is 1. The third-order valence-electron chi connectivity index (χ3n) is 3.28. The molecule has 1 saturated carbocycles. The van der Waals surface area contributed by atoms with Gasteiger partial charge in [-0.05, 0) is 30.5 Å². The quantitative estimate of drug-likeness (QED) is 0.844. The first-order chi connectivity index (χ1) is 7.10. The summed E-state index contributed by atoms with van der Waals surface area (Å²) in [5.74, 6) is 0. The molecule has 1 aromatic heterocycles. The van der Waals surface area contributed by atoms with Gasteiger partial charge < -0.3 is 10.3 Å². The van der Waals surface area contributed by atoms with Crippen molar-refractivity contribution in [2.75, 3.05) is 0 Å². The fourth-order valence-electron chi connectivity index (χ4n) is 2.16. The van der Waals surface area contributed by atoms with E-state index in [-0.39, 0.29) is 5.54 Å². The molecule has 2 nitrogen and oxygen atoms in total. The van der Waals surface area contributed by atoms with Crippen LogP contribution in [0.4, 0.5) is 0 Å². The van der Waals surface area contributed by atoms with E-state index in [1.165, 1.54) is 16.5 Å². The number of halogens is 1. The lowest BCUT2D eigenvalue weighted by Crippen LogP contribution is -2.18. The SMILES string of the molecule is Cn1cc(C2(N)CC2)c2ccc(Br)cc21. The van der Waals surface area contributed by atoms with Gasteiger partial charge in [-0.2, -0.15) is 0 Å². The smallest absolute Gasteiger partial charge is 0.0492 e. The predicted octanol–water partition coefficient (Wildman–Crippen LogP) is 2.89. The van der Waals surface area contributed by atoms with Gasteiger partial charge >= 0.3 is 0 Å². The molecule has 0 unspecified atom stereocenters. The minimum atomic E-state index is -0.0483. The normalized spacial score (nSPS) is 18.3. The van der Waals surface area contributed by atoms with E-state index in [1.807, 2.05) is 0 Å². The highest BCUT2D eigenvalue weighted by atomic mass is 79.9. The highest BCUT2D eigenvalue weighted by molar-refractivity contribution is 9.10. The van der Waals surface area contributed by atoms with Crippen molar-refractivity contribution in [3.05, 3.63) is 34.4 Å². The van der Waals surface area contributed by atoms with E-state index in [4.69, 9.17) is 5.73 Å². The number of nitrogens with zero attached hydrogens (tertiary/aromatic N) is 1. The van der Waals surface area contributed by atoms with Crippen LogP contribution in [0.2, 0.25) is 0 Å². The van der Waals surface area contributed by atoms with Crippen LogP contribution in [0, 0.1) is 0 Å². The highest BCUT2D eigenvalue weighted by Crippen LogP contribution is 2.46. The van der Waals surface area contributed by atoms with E-state index < -0.39 is 0 Å². The maximum Gasteiger partial charge on any atom is 0.0492 e. The lowest BCUT2D eigenvalue weighted by atomic mass is 10.1. The molecular weight excluding hydrogens is 252 g/mol. The molecule has 1 aliphatic carbocycles. The summed E-state index contributed by atoms with van der Waals surface area (Å²) in [6, 6.07) is 6.38. The predicted molar refractivity (Wildman–Crippen MR) is 65.7 cm³/mol. The van der Waals surface area contributed by atoms with Crippen molar-refractivity contribution in [1.29, 1.82) is 0 Å². The maximum atomic E-state index is 6.26. The zero-order chi connectivity index (χ0) is 10.6. The summed E-state index contributed by atoms with van der Waals surface area (Å²) in [4.78, 5) is 0. The molecule has 0 amide bonds. The van der Waals surface area contributed by atoms with Crippen LogP contribution in [-0.4, -0.2) is 4.57 Å². The number of benzene rings is 1. The summed E-state index contributed by atoms with van der Waals surface area (Å²) in [5, 5.41) is 1.29. The standard InChI is InChI=1S/C12H13BrN2/c1-15-7-10(12(14)4-5-12)9-3-2-8(13)6-11(9)15/h2-3,6-7H,4-5,14H2,1H3. The Labute approximate surface area is 97.2 Å². The third kappa shape index (κ3) is 1.34. The van der Waals surface area contributed by atoms with Crippen molar-refractivity contribution < 1.29 is 0 Å². The van der Waals surface area contributed by atoms with E-state index in [0.717, 1.165) is 17.3 Å². The molecule has 1 heterocycles. The van der Waals surface area contributed by atoms with Gasteiger partial charge in [-0.1, -0.05) is 22.0 Å². The average molecular weight is 265 g/mol. The zero-order valence-electron chi connectivity index (χ0n) is 8.63. The lowest BCUT2D eigenvalue weighted by Gasteiger charge is -2.06. The Balaban J connectivity index is 2.33. The van der Waals surface area contributed by atoms with Crippen molar-refractivity contribution in [2.45, 2.75) is 18.4 Å². The van der Waals surface area contributed by atoms with E-state index >= 15 is 0 Å². The first kappa shape index (κ1) is 9.43. The molecule has 1 aromatic carbocycles. The fraction of sp³-hybridized carbons (Fsp3) is 0.333. The van der Waals surface area contributed by atoms with E-state index in [2.05, 4.69) is 51.9 Å². The number of hydrogen-bond donors (Lipinski definition) is 1. The van der Waals surface area contributed by atoms with Crippen LogP contribution in [0.3, 0.4) is 0 Å². The van der Waals surface area contributed by atoms with Crippen molar-refractivity contribution >= 4 is 26.8 Å². The Hall–Kier alpha value is -0.800. The number of rotatable bonds is 1. The first-order valence-electron chi connectivity index (χ1n) is 5.14. The van der Waals surface area contributed by atoms with Crippen molar-refractivity contribution in [1.82, 2.24) is 4.57 Å².